The SMILES string of the molecule is C=C1/C(=C\C=C2/CCC[C@]3(C)[C@@H]([C@H](C)/C=C/[C@@H](CCC4(C(=O)CCCCC)CC4)OC)CC[C@@H]23)C[C@@H](O)C[C@@H]1O. The minimum atomic E-state index is -0.634. The number of aliphatic hydroxyl groups is 2. The van der Waals surface area contributed by atoms with E-state index in [4.69, 9.17) is 4.74 Å². The summed E-state index contributed by atoms with van der Waals surface area (Å²) in [4.78, 5) is 12.8. The maximum Gasteiger partial charge on any atom is 0.139 e. The van der Waals surface area contributed by atoms with Gasteiger partial charge in [-0.25, -0.2) is 0 Å². The Morgan fingerprint density at radius 1 is 1.15 bits per heavy atom. The van der Waals surface area contributed by atoms with Crippen LogP contribution in [0.3, 0.4) is 0 Å². The molecule has 2 N–H and O–H groups in total. The highest BCUT2D eigenvalue weighted by atomic mass is 16.5. The highest BCUT2D eigenvalue weighted by Gasteiger charge is 2.50. The van der Waals surface area contributed by atoms with Gasteiger partial charge in [0.25, 0.3) is 0 Å². The van der Waals surface area contributed by atoms with E-state index in [9.17, 15) is 15.0 Å². The number of carbonyl (C=O) groups excluding carboxylic acids is 1. The maximum atomic E-state index is 12.8. The first kappa shape index (κ1) is 31.4. The maximum absolute atomic E-state index is 12.8. The van der Waals surface area contributed by atoms with Crippen molar-refractivity contribution in [2.45, 2.75) is 135 Å². The standard InChI is InChI=1S/C36H56O4/c1-6-7-8-11-34(39)36(21-22-36)20-18-30(40-5)15-12-25(2)31-16-17-32-27(10-9-19-35(31,32)4)13-14-28-23-29(37)24-33(38)26(28)3/h12-15,25,29-33,37-38H,3,6-11,16-24H2,1-2,4-5H3/b15-12+,27-13+,28-14-/t25-,29-,30+,31-,32+,33+,35-/m1/s1. The van der Waals surface area contributed by atoms with Gasteiger partial charge in [-0.3, -0.25) is 4.79 Å². The van der Waals surface area contributed by atoms with E-state index >= 15 is 0 Å². The topological polar surface area (TPSA) is 66.8 Å². The number of allylic oxidation sites excluding steroid dienone is 4. The number of ketones is 1. The Morgan fingerprint density at radius 2 is 1.93 bits per heavy atom. The lowest BCUT2D eigenvalue weighted by Crippen LogP contribution is -2.35. The summed E-state index contributed by atoms with van der Waals surface area (Å²) in [7, 11) is 1.81. The Morgan fingerprint density at radius 3 is 2.62 bits per heavy atom. The molecule has 0 aromatic heterocycles. The quantitative estimate of drug-likeness (QED) is 0.179. The van der Waals surface area contributed by atoms with Crippen molar-refractivity contribution in [3.8, 4) is 0 Å². The van der Waals surface area contributed by atoms with Gasteiger partial charge in [-0.15, -0.1) is 0 Å². The summed E-state index contributed by atoms with van der Waals surface area (Å²) in [6, 6.07) is 0. The van der Waals surface area contributed by atoms with Crippen LogP contribution in [-0.4, -0.2) is 41.4 Å². The molecule has 4 aliphatic rings. The highest BCUT2D eigenvalue weighted by molar-refractivity contribution is 5.87. The first-order valence-corrected chi connectivity index (χ1v) is 16.3. The van der Waals surface area contributed by atoms with Gasteiger partial charge in [0.15, 0.2) is 0 Å². The highest BCUT2D eigenvalue weighted by Crippen LogP contribution is 2.59. The van der Waals surface area contributed by atoms with Crippen LogP contribution in [0.5, 0.6) is 0 Å². The van der Waals surface area contributed by atoms with Crippen molar-refractivity contribution < 1.29 is 19.7 Å². The van der Waals surface area contributed by atoms with Crippen molar-refractivity contribution in [2.75, 3.05) is 7.11 Å². The van der Waals surface area contributed by atoms with E-state index in [1.165, 1.54) is 31.3 Å². The van der Waals surface area contributed by atoms with Gasteiger partial charge in [0.2, 0.25) is 0 Å². The Kier molecular flexibility index (Phi) is 10.7. The van der Waals surface area contributed by atoms with Crippen LogP contribution < -0.4 is 0 Å². The second-order valence-electron chi connectivity index (χ2n) is 13.9. The van der Waals surface area contributed by atoms with Crippen LogP contribution in [0, 0.1) is 28.6 Å². The lowest BCUT2D eigenvalue weighted by Gasteiger charge is -2.44. The fourth-order valence-electron chi connectivity index (χ4n) is 8.37. The molecule has 40 heavy (non-hydrogen) atoms. The summed E-state index contributed by atoms with van der Waals surface area (Å²) in [6.07, 6.45) is 23.3. The Hall–Kier alpha value is -1.49. The second kappa shape index (κ2) is 13.7. The lowest BCUT2D eigenvalue weighted by molar-refractivity contribution is -0.124. The first-order valence-electron chi connectivity index (χ1n) is 16.3. The van der Waals surface area contributed by atoms with Crippen LogP contribution in [-0.2, 0) is 9.53 Å². The summed E-state index contributed by atoms with van der Waals surface area (Å²) in [5, 5.41) is 20.4. The molecule has 0 spiro atoms. The molecule has 4 fully saturated rings. The molecule has 0 bridgehead atoms. The molecule has 0 saturated heterocycles. The predicted molar refractivity (Wildman–Crippen MR) is 164 cm³/mol. The number of unbranched alkanes of at least 4 members (excludes halogenated alkanes) is 2. The van der Waals surface area contributed by atoms with Crippen molar-refractivity contribution in [1.82, 2.24) is 0 Å². The van der Waals surface area contributed by atoms with Gasteiger partial charge in [-0.05, 0) is 105 Å². The number of hydrogen-bond acceptors (Lipinski definition) is 4. The average Bonchev–Trinajstić information content (AvgIpc) is 3.64. The van der Waals surface area contributed by atoms with Gasteiger partial charge in [-0.2, -0.15) is 0 Å². The molecule has 4 heteroatoms. The predicted octanol–water partition coefficient (Wildman–Crippen LogP) is 8.04. The molecular weight excluding hydrogens is 496 g/mol. The number of methoxy groups -OCH3 is 1. The van der Waals surface area contributed by atoms with Crippen LogP contribution in [0.15, 0.2) is 47.6 Å². The number of fused-ring (bicyclic) bond motifs is 1. The molecule has 4 nitrogen and oxygen atoms in total. The minimum Gasteiger partial charge on any atom is -0.393 e. The zero-order chi connectivity index (χ0) is 28.9. The smallest absolute Gasteiger partial charge is 0.139 e. The fraction of sp³-hybridized carbons (Fsp3) is 0.750. The third kappa shape index (κ3) is 7.10. The molecule has 0 aromatic carbocycles. The zero-order valence-corrected chi connectivity index (χ0v) is 25.8. The van der Waals surface area contributed by atoms with Crippen LogP contribution in [0.4, 0.5) is 0 Å². The number of aliphatic hydroxyl groups excluding tert-OH is 2. The van der Waals surface area contributed by atoms with E-state index in [0.29, 0.717) is 41.8 Å². The van der Waals surface area contributed by atoms with Crippen molar-refractivity contribution in [1.29, 1.82) is 0 Å². The molecule has 4 rings (SSSR count). The zero-order valence-electron chi connectivity index (χ0n) is 25.8. The summed E-state index contributed by atoms with van der Waals surface area (Å²) >= 11 is 0. The monoisotopic (exact) mass is 552 g/mol. The van der Waals surface area contributed by atoms with Gasteiger partial charge < -0.3 is 14.9 Å². The normalized spacial score (nSPS) is 35.3. The van der Waals surface area contributed by atoms with Gasteiger partial charge in [0.1, 0.15) is 5.78 Å². The number of hydrogen-bond donors (Lipinski definition) is 2. The number of rotatable bonds is 13. The molecule has 224 valence electrons. The average molecular weight is 553 g/mol. The number of carbonyl (C=O) groups is 1. The van der Waals surface area contributed by atoms with E-state index in [2.05, 4.69) is 51.7 Å². The van der Waals surface area contributed by atoms with Crippen LogP contribution in [0.1, 0.15) is 117 Å². The second-order valence-corrected chi connectivity index (χ2v) is 13.9. The Balaban J connectivity index is 1.36. The van der Waals surface area contributed by atoms with Crippen LogP contribution in [0.25, 0.3) is 0 Å². The fourth-order valence-corrected chi connectivity index (χ4v) is 8.37. The molecule has 4 aliphatic carbocycles. The molecular formula is C36H56O4. The summed E-state index contributed by atoms with van der Waals surface area (Å²) in [6.45, 7) is 11.2. The van der Waals surface area contributed by atoms with Crippen molar-refractivity contribution in [2.24, 2.45) is 28.6 Å². The largest absolute Gasteiger partial charge is 0.393 e. The van der Waals surface area contributed by atoms with Crippen molar-refractivity contribution in [3.63, 3.8) is 0 Å². The molecule has 0 aliphatic heterocycles. The third-order valence-corrected chi connectivity index (χ3v) is 11.2. The van der Waals surface area contributed by atoms with Gasteiger partial charge in [0.05, 0.1) is 18.3 Å². The molecule has 7 atom stereocenters. The summed E-state index contributed by atoms with van der Waals surface area (Å²) in [5.41, 5.74) is 3.55. The van der Waals surface area contributed by atoms with Gasteiger partial charge in [-0.1, -0.05) is 70.1 Å². The van der Waals surface area contributed by atoms with Crippen LogP contribution in [0.2, 0.25) is 0 Å². The van der Waals surface area contributed by atoms with Gasteiger partial charge in [0, 0.05) is 25.4 Å². The first-order chi connectivity index (χ1) is 19.1. The lowest BCUT2D eigenvalue weighted by atomic mass is 9.61. The number of ether oxygens (including phenoxy) is 1. The van der Waals surface area contributed by atoms with E-state index in [1.54, 1.807) is 7.11 Å². The number of Topliss-reactive ketones (excluding diaryl/α,β-unsaturated/α-hetero) is 1. The van der Waals surface area contributed by atoms with E-state index in [1.807, 2.05) is 0 Å². The summed E-state index contributed by atoms with van der Waals surface area (Å²) in [5.74, 6) is 2.22. The van der Waals surface area contributed by atoms with E-state index in [0.717, 1.165) is 68.9 Å². The van der Waals surface area contributed by atoms with E-state index in [-0.39, 0.29) is 11.5 Å². The van der Waals surface area contributed by atoms with Crippen molar-refractivity contribution >= 4 is 5.78 Å². The third-order valence-electron chi connectivity index (χ3n) is 11.2. The minimum absolute atomic E-state index is 0.0452. The molecule has 4 saturated carbocycles. The molecule has 0 heterocycles. The Labute approximate surface area is 244 Å². The molecule has 0 aromatic rings. The summed E-state index contributed by atoms with van der Waals surface area (Å²) < 4.78 is 5.87. The van der Waals surface area contributed by atoms with Crippen molar-refractivity contribution in [3.05, 3.63) is 47.6 Å². The molecule has 0 radical (unpaired) electrons. The van der Waals surface area contributed by atoms with Crippen LogP contribution >= 0.6 is 0 Å². The molecule has 0 amide bonds. The van der Waals surface area contributed by atoms with E-state index < -0.39 is 12.2 Å². The Bertz CT molecular complexity index is 985. The van der Waals surface area contributed by atoms with Gasteiger partial charge >= 0.3 is 0 Å². The molecule has 0 unspecified atom stereocenters.